The normalized spacial score (nSPS) is 18.9. The Balaban J connectivity index is 2.11. The third-order valence-electron chi connectivity index (χ3n) is 2.30. The number of hydrogen-bond acceptors (Lipinski definition) is 4. The number of carbonyl (C=O) groups excluding carboxylic acids is 1. The molecule has 0 amide bonds. The number of rotatable bonds is 3. The number of thioether (sulfide) groups is 1. The first kappa shape index (κ1) is 12.5. The van der Waals surface area contributed by atoms with Gasteiger partial charge in [-0.15, -0.1) is 11.8 Å². The molecule has 1 atom stereocenters. The summed E-state index contributed by atoms with van der Waals surface area (Å²) in [5, 5.41) is 1.57. The molecule has 90 valence electrons. The molecule has 0 saturated carbocycles. The number of ether oxygens (including phenoxy) is 1. The molecule has 3 nitrogen and oxygen atoms in total. The van der Waals surface area contributed by atoms with Crippen molar-refractivity contribution in [1.29, 1.82) is 0 Å². The summed E-state index contributed by atoms with van der Waals surface area (Å²) >= 11 is 7.39. The van der Waals surface area contributed by atoms with E-state index in [1.54, 1.807) is 18.7 Å². The molecule has 0 bridgehead atoms. The monoisotopic (exact) mass is 269 g/mol. The van der Waals surface area contributed by atoms with E-state index in [0.29, 0.717) is 17.4 Å². The maximum atomic E-state index is 11.5. The fourth-order valence-corrected chi connectivity index (χ4v) is 2.64. The van der Waals surface area contributed by atoms with Gasteiger partial charge < -0.3 is 4.74 Å². The van der Waals surface area contributed by atoms with E-state index in [2.05, 4.69) is 4.99 Å². The van der Waals surface area contributed by atoms with Crippen LogP contribution < -0.4 is 0 Å². The Labute approximate surface area is 109 Å². The molecule has 0 aliphatic carbocycles. The van der Waals surface area contributed by atoms with Crippen LogP contribution in [0.15, 0.2) is 29.3 Å². The van der Waals surface area contributed by atoms with Gasteiger partial charge >= 0.3 is 5.97 Å². The molecule has 0 N–H and O–H groups in total. The van der Waals surface area contributed by atoms with Crippen molar-refractivity contribution in [2.45, 2.75) is 13.0 Å². The number of aliphatic imine (C=N–C) groups is 1. The summed E-state index contributed by atoms with van der Waals surface area (Å²) in [5.41, 5.74) is 0.992. The third-order valence-corrected chi connectivity index (χ3v) is 3.65. The maximum Gasteiger partial charge on any atom is 0.331 e. The first-order valence-electron chi connectivity index (χ1n) is 5.34. The molecule has 1 aromatic carbocycles. The van der Waals surface area contributed by atoms with Gasteiger partial charge in [-0.25, -0.2) is 4.79 Å². The highest BCUT2D eigenvalue weighted by atomic mass is 35.5. The van der Waals surface area contributed by atoms with Crippen LogP contribution in [0.25, 0.3) is 0 Å². The topological polar surface area (TPSA) is 38.7 Å². The molecule has 2 rings (SSSR count). The molecule has 17 heavy (non-hydrogen) atoms. The molecule has 5 heteroatoms. The van der Waals surface area contributed by atoms with Crippen LogP contribution in [0.5, 0.6) is 0 Å². The molecule has 1 aliphatic heterocycles. The first-order valence-corrected chi connectivity index (χ1v) is 6.70. The predicted molar refractivity (Wildman–Crippen MR) is 70.9 cm³/mol. The number of halogens is 1. The molecule has 0 aromatic heterocycles. The summed E-state index contributed by atoms with van der Waals surface area (Å²) in [5.74, 6) is 0.403. The van der Waals surface area contributed by atoms with Crippen LogP contribution in [0.3, 0.4) is 0 Å². The van der Waals surface area contributed by atoms with Crippen LogP contribution in [0.4, 0.5) is 0 Å². The standard InChI is InChI=1S/C12H12ClNO2S/c1-2-16-12(15)10-7-17-11(14-10)8-3-5-9(13)6-4-8/h3-6,10H,2,7H2,1H3/t10-/m0/s1. The van der Waals surface area contributed by atoms with Gasteiger partial charge in [0, 0.05) is 16.3 Å². The molecule has 1 aliphatic rings. The highest BCUT2D eigenvalue weighted by molar-refractivity contribution is 8.14. The first-order chi connectivity index (χ1) is 8.20. The molecule has 0 saturated heterocycles. The largest absolute Gasteiger partial charge is 0.464 e. The van der Waals surface area contributed by atoms with Gasteiger partial charge in [0.2, 0.25) is 0 Å². The Morgan fingerprint density at radius 1 is 1.53 bits per heavy atom. The summed E-state index contributed by atoms with van der Waals surface area (Å²) in [4.78, 5) is 15.9. The van der Waals surface area contributed by atoms with E-state index in [-0.39, 0.29) is 12.0 Å². The third kappa shape index (κ3) is 3.01. The Bertz CT molecular complexity index is 444. The summed E-state index contributed by atoms with van der Waals surface area (Å²) in [6.07, 6.45) is 0. The summed E-state index contributed by atoms with van der Waals surface area (Å²) < 4.78 is 4.95. The molecule has 0 unspecified atom stereocenters. The number of hydrogen-bond donors (Lipinski definition) is 0. The Morgan fingerprint density at radius 2 is 2.24 bits per heavy atom. The highest BCUT2D eigenvalue weighted by Crippen LogP contribution is 2.24. The second kappa shape index (κ2) is 5.56. The van der Waals surface area contributed by atoms with Crippen molar-refractivity contribution in [2.24, 2.45) is 4.99 Å². The second-order valence-corrected chi connectivity index (χ2v) is 4.97. The van der Waals surface area contributed by atoms with Gasteiger partial charge in [-0.1, -0.05) is 23.7 Å². The van der Waals surface area contributed by atoms with Crippen molar-refractivity contribution in [1.82, 2.24) is 0 Å². The number of carbonyl (C=O) groups is 1. The van der Waals surface area contributed by atoms with E-state index in [9.17, 15) is 4.79 Å². The minimum atomic E-state index is -0.370. The zero-order valence-electron chi connectivity index (χ0n) is 9.35. The van der Waals surface area contributed by atoms with Crippen molar-refractivity contribution >= 4 is 34.4 Å². The molecule has 1 heterocycles. The number of esters is 1. The minimum absolute atomic E-state index is 0.246. The fourth-order valence-electron chi connectivity index (χ4n) is 1.48. The maximum absolute atomic E-state index is 11.5. The Kier molecular flexibility index (Phi) is 4.07. The Hall–Kier alpha value is -1.00. The average Bonchev–Trinajstić information content (AvgIpc) is 2.80. The average molecular weight is 270 g/mol. The zero-order valence-corrected chi connectivity index (χ0v) is 10.9. The molecular formula is C12H12ClNO2S. The van der Waals surface area contributed by atoms with Crippen molar-refractivity contribution in [3.8, 4) is 0 Å². The van der Waals surface area contributed by atoms with E-state index in [1.807, 2.05) is 24.3 Å². The SMILES string of the molecule is CCOC(=O)[C@@H]1CSC(c2ccc(Cl)cc2)=N1. The van der Waals surface area contributed by atoms with Crippen LogP contribution in [-0.4, -0.2) is 29.4 Å². The van der Waals surface area contributed by atoms with Crippen molar-refractivity contribution in [2.75, 3.05) is 12.4 Å². The van der Waals surface area contributed by atoms with Gasteiger partial charge in [0.25, 0.3) is 0 Å². The number of nitrogens with zero attached hydrogens (tertiary/aromatic N) is 1. The molecular weight excluding hydrogens is 258 g/mol. The van der Waals surface area contributed by atoms with E-state index in [1.165, 1.54) is 0 Å². The summed E-state index contributed by atoms with van der Waals surface area (Å²) in [6.45, 7) is 2.19. The van der Waals surface area contributed by atoms with Gasteiger partial charge in [0.15, 0.2) is 6.04 Å². The van der Waals surface area contributed by atoms with Crippen LogP contribution in [0.2, 0.25) is 5.02 Å². The lowest BCUT2D eigenvalue weighted by Crippen LogP contribution is -2.21. The lowest BCUT2D eigenvalue weighted by molar-refractivity contribution is -0.143. The van der Waals surface area contributed by atoms with E-state index < -0.39 is 0 Å². The van der Waals surface area contributed by atoms with E-state index >= 15 is 0 Å². The molecule has 1 aromatic rings. The van der Waals surface area contributed by atoms with Gasteiger partial charge in [-0.05, 0) is 19.1 Å². The van der Waals surface area contributed by atoms with Crippen LogP contribution in [0, 0.1) is 0 Å². The predicted octanol–water partition coefficient (Wildman–Crippen LogP) is 2.77. The van der Waals surface area contributed by atoms with Crippen molar-refractivity contribution in [3.63, 3.8) is 0 Å². The number of benzene rings is 1. The van der Waals surface area contributed by atoms with Crippen LogP contribution in [-0.2, 0) is 9.53 Å². The zero-order chi connectivity index (χ0) is 12.3. The van der Waals surface area contributed by atoms with Gasteiger partial charge in [-0.2, -0.15) is 0 Å². The van der Waals surface area contributed by atoms with E-state index in [4.69, 9.17) is 16.3 Å². The van der Waals surface area contributed by atoms with Gasteiger partial charge in [-0.3, -0.25) is 4.99 Å². The van der Waals surface area contributed by atoms with Crippen molar-refractivity contribution < 1.29 is 9.53 Å². The minimum Gasteiger partial charge on any atom is -0.464 e. The van der Waals surface area contributed by atoms with Crippen LogP contribution in [0.1, 0.15) is 12.5 Å². The second-order valence-electron chi connectivity index (χ2n) is 3.52. The lowest BCUT2D eigenvalue weighted by atomic mass is 10.2. The van der Waals surface area contributed by atoms with Gasteiger partial charge in [0.1, 0.15) is 0 Å². The smallest absolute Gasteiger partial charge is 0.331 e. The molecule has 0 spiro atoms. The highest BCUT2D eigenvalue weighted by Gasteiger charge is 2.26. The molecule has 0 fully saturated rings. The van der Waals surface area contributed by atoms with Gasteiger partial charge in [0.05, 0.1) is 11.7 Å². The Morgan fingerprint density at radius 3 is 2.88 bits per heavy atom. The summed E-state index contributed by atoms with van der Waals surface area (Å²) in [7, 11) is 0. The fraction of sp³-hybridized carbons (Fsp3) is 0.333. The molecule has 0 radical (unpaired) electrons. The van der Waals surface area contributed by atoms with Crippen LogP contribution >= 0.6 is 23.4 Å². The van der Waals surface area contributed by atoms with Crippen molar-refractivity contribution in [3.05, 3.63) is 34.9 Å². The lowest BCUT2D eigenvalue weighted by Gasteiger charge is -2.03. The summed E-state index contributed by atoms with van der Waals surface area (Å²) in [6, 6.07) is 7.07. The quantitative estimate of drug-likeness (QED) is 0.792. The van der Waals surface area contributed by atoms with E-state index in [0.717, 1.165) is 10.6 Å².